The first kappa shape index (κ1) is 21.5. The highest BCUT2D eigenvalue weighted by atomic mass is 32.2. The molecule has 0 saturated heterocycles. The molecule has 27 heavy (non-hydrogen) atoms. The zero-order chi connectivity index (χ0) is 20.0. The Balaban J connectivity index is 1.93. The quantitative estimate of drug-likeness (QED) is 0.482. The molecule has 8 nitrogen and oxygen atoms in total. The molecule has 1 N–H and O–H groups in total. The van der Waals surface area contributed by atoms with Crippen LogP contribution in [0.3, 0.4) is 0 Å². The van der Waals surface area contributed by atoms with Crippen LogP contribution in [-0.4, -0.2) is 49.7 Å². The number of hydrogen-bond donors (Lipinski definition) is 1. The summed E-state index contributed by atoms with van der Waals surface area (Å²) in [6.07, 6.45) is 1.41. The fraction of sp³-hybridized carbons (Fsp3) is 0.438. The van der Waals surface area contributed by atoms with Gasteiger partial charge < -0.3 is 4.74 Å². The molecule has 1 atom stereocenters. The number of aromatic nitrogens is 2. The van der Waals surface area contributed by atoms with E-state index in [0.717, 1.165) is 27.1 Å². The van der Waals surface area contributed by atoms with Crippen molar-refractivity contribution in [1.82, 2.24) is 10.2 Å². The molecule has 0 radical (unpaired) electrons. The lowest BCUT2D eigenvalue weighted by molar-refractivity contribution is -0.122. The van der Waals surface area contributed by atoms with Crippen LogP contribution in [0.2, 0.25) is 0 Å². The van der Waals surface area contributed by atoms with E-state index in [2.05, 4.69) is 22.4 Å². The molecule has 0 spiro atoms. The van der Waals surface area contributed by atoms with Gasteiger partial charge in [0.25, 0.3) is 5.91 Å². The predicted molar refractivity (Wildman–Crippen MR) is 109 cm³/mol. The molecule has 2 aromatic rings. The van der Waals surface area contributed by atoms with Gasteiger partial charge in [0.05, 0.1) is 11.9 Å². The second-order valence-corrected chi connectivity index (χ2v) is 10.0. The van der Waals surface area contributed by atoms with Crippen LogP contribution < -0.4 is 14.4 Å². The maximum absolute atomic E-state index is 12.3. The van der Waals surface area contributed by atoms with E-state index in [1.807, 2.05) is 0 Å². The van der Waals surface area contributed by atoms with Gasteiger partial charge in [0, 0.05) is 12.8 Å². The number of benzene rings is 1. The number of nitrogens with one attached hydrogen (secondary N) is 1. The lowest BCUT2D eigenvalue weighted by Crippen LogP contribution is -2.30. The van der Waals surface area contributed by atoms with Crippen molar-refractivity contribution in [1.29, 1.82) is 0 Å². The van der Waals surface area contributed by atoms with Crippen molar-refractivity contribution in [2.45, 2.75) is 30.7 Å². The van der Waals surface area contributed by atoms with Crippen LogP contribution in [0.25, 0.3) is 0 Å². The minimum atomic E-state index is -3.33. The third-order valence-corrected chi connectivity index (χ3v) is 6.83. The number of carbonyl (C=O) groups excluding carboxylic acids is 1. The fourth-order valence-corrected chi connectivity index (χ4v) is 4.08. The standard InChI is InChI=1S/C16H22N4O4S3/c1-5-10-25-16-19-18-15(26-16)17-14(21)11(2)24-13-8-6-12(7-9-13)20(3)27(4,22)23/h6-9,11H,5,10H2,1-4H3,(H,17,18,21). The molecule has 0 bridgehead atoms. The van der Waals surface area contributed by atoms with Gasteiger partial charge in [-0.25, -0.2) is 8.42 Å². The minimum Gasteiger partial charge on any atom is -0.481 e. The second-order valence-electron chi connectivity index (χ2n) is 5.70. The van der Waals surface area contributed by atoms with E-state index in [-0.39, 0.29) is 5.91 Å². The molecule has 11 heteroatoms. The molecular formula is C16H22N4O4S3. The molecule has 0 aliphatic carbocycles. The zero-order valence-electron chi connectivity index (χ0n) is 15.5. The Morgan fingerprint density at radius 3 is 2.59 bits per heavy atom. The van der Waals surface area contributed by atoms with Crippen molar-refractivity contribution in [2.75, 3.05) is 28.7 Å². The summed E-state index contributed by atoms with van der Waals surface area (Å²) in [7, 11) is -1.86. The highest BCUT2D eigenvalue weighted by Gasteiger charge is 2.18. The van der Waals surface area contributed by atoms with Gasteiger partial charge in [-0.05, 0) is 37.6 Å². The number of hydrogen-bond acceptors (Lipinski definition) is 8. The molecule has 148 valence electrons. The minimum absolute atomic E-state index is 0.337. The van der Waals surface area contributed by atoms with Crippen molar-refractivity contribution in [2.24, 2.45) is 0 Å². The number of anilines is 2. The highest BCUT2D eigenvalue weighted by molar-refractivity contribution is 8.01. The van der Waals surface area contributed by atoms with Crippen LogP contribution in [0.1, 0.15) is 20.3 Å². The Bertz CT molecular complexity index is 868. The third kappa shape index (κ3) is 6.36. The van der Waals surface area contributed by atoms with Gasteiger partial charge in [0.15, 0.2) is 10.4 Å². The van der Waals surface area contributed by atoms with E-state index in [4.69, 9.17) is 4.74 Å². The van der Waals surface area contributed by atoms with Crippen LogP contribution in [-0.2, 0) is 14.8 Å². The van der Waals surface area contributed by atoms with Crippen LogP contribution in [0.5, 0.6) is 5.75 Å². The average Bonchev–Trinajstić information content (AvgIpc) is 3.06. The van der Waals surface area contributed by atoms with Gasteiger partial charge >= 0.3 is 0 Å². The molecular weight excluding hydrogens is 408 g/mol. The van der Waals surface area contributed by atoms with E-state index in [9.17, 15) is 13.2 Å². The van der Waals surface area contributed by atoms with Crippen LogP contribution in [0.4, 0.5) is 10.8 Å². The first-order valence-electron chi connectivity index (χ1n) is 8.18. The van der Waals surface area contributed by atoms with Gasteiger partial charge in [-0.15, -0.1) is 10.2 Å². The molecule has 0 aliphatic heterocycles. The van der Waals surface area contributed by atoms with E-state index in [0.29, 0.717) is 16.6 Å². The summed E-state index contributed by atoms with van der Waals surface area (Å²) in [5, 5.41) is 11.1. The molecule has 0 fully saturated rings. The monoisotopic (exact) mass is 430 g/mol. The van der Waals surface area contributed by atoms with Gasteiger partial charge in [-0.3, -0.25) is 14.4 Å². The maximum atomic E-state index is 12.3. The molecule has 1 unspecified atom stereocenters. The van der Waals surface area contributed by atoms with E-state index in [1.54, 1.807) is 43.0 Å². The lowest BCUT2D eigenvalue weighted by atomic mass is 10.3. The Kier molecular flexibility index (Phi) is 7.45. The normalized spacial score (nSPS) is 12.4. The van der Waals surface area contributed by atoms with Crippen molar-refractivity contribution in [3.8, 4) is 5.75 Å². The SMILES string of the molecule is CCCSc1nnc(NC(=O)C(C)Oc2ccc(N(C)S(C)(=O)=O)cc2)s1. The fourth-order valence-electron chi connectivity index (χ4n) is 1.90. The van der Waals surface area contributed by atoms with Crippen molar-refractivity contribution in [3.05, 3.63) is 24.3 Å². The summed E-state index contributed by atoms with van der Waals surface area (Å²) in [6, 6.07) is 6.46. The van der Waals surface area contributed by atoms with Gasteiger partial charge in [0.1, 0.15) is 5.75 Å². The van der Waals surface area contributed by atoms with E-state index < -0.39 is 16.1 Å². The number of carbonyl (C=O) groups is 1. The zero-order valence-corrected chi connectivity index (χ0v) is 17.9. The summed E-state index contributed by atoms with van der Waals surface area (Å²) in [6.45, 7) is 3.71. The topological polar surface area (TPSA) is 101 Å². The van der Waals surface area contributed by atoms with Gasteiger partial charge in [0.2, 0.25) is 15.2 Å². The lowest BCUT2D eigenvalue weighted by Gasteiger charge is -2.18. The highest BCUT2D eigenvalue weighted by Crippen LogP contribution is 2.26. The molecule has 0 aliphatic rings. The maximum Gasteiger partial charge on any atom is 0.266 e. The first-order valence-corrected chi connectivity index (χ1v) is 11.8. The first-order chi connectivity index (χ1) is 12.7. The Labute approximate surface area is 167 Å². The molecule has 1 heterocycles. The van der Waals surface area contributed by atoms with Crippen molar-refractivity contribution >= 4 is 49.8 Å². The van der Waals surface area contributed by atoms with Crippen LogP contribution in [0.15, 0.2) is 28.6 Å². The largest absolute Gasteiger partial charge is 0.481 e. The predicted octanol–water partition coefficient (Wildman–Crippen LogP) is 2.84. The molecule has 2 rings (SSSR count). The summed E-state index contributed by atoms with van der Waals surface area (Å²) in [5.74, 6) is 1.07. The molecule has 1 aromatic heterocycles. The van der Waals surface area contributed by atoms with Crippen molar-refractivity contribution in [3.63, 3.8) is 0 Å². The molecule has 1 amide bonds. The van der Waals surface area contributed by atoms with E-state index >= 15 is 0 Å². The Morgan fingerprint density at radius 1 is 1.33 bits per heavy atom. The summed E-state index contributed by atoms with van der Waals surface area (Å²) in [4.78, 5) is 12.3. The van der Waals surface area contributed by atoms with Gasteiger partial charge in [-0.2, -0.15) is 0 Å². The van der Waals surface area contributed by atoms with Crippen LogP contribution in [0, 0.1) is 0 Å². The second kappa shape index (κ2) is 9.38. The smallest absolute Gasteiger partial charge is 0.266 e. The number of nitrogens with zero attached hydrogens (tertiary/aromatic N) is 3. The average molecular weight is 431 g/mol. The molecule has 0 saturated carbocycles. The summed E-state index contributed by atoms with van der Waals surface area (Å²) < 4.78 is 30.7. The van der Waals surface area contributed by atoms with Crippen molar-refractivity contribution < 1.29 is 17.9 Å². The van der Waals surface area contributed by atoms with Crippen LogP contribution >= 0.6 is 23.1 Å². The number of rotatable bonds is 9. The Morgan fingerprint density at radius 2 is 2.00 bits per heavy atom. The number of sulfonamides is 1. The number of thioether (sulfide) groups is 1. The molecule has 1 aromatic carbocycles. The number of amides is 1. The van der Waals surface area contributed by atoms with Gasteiger partial charge in [-0.1, -0.05) is 30.0 Å². The van der Waals surface area contributed by atoms with E-state index in [1.165, 1.54) is 18.4 Å². The summed E-state index contributed by atoms with van der Waals surface area (Å²) >= 11 is 2.92. The third-order valence-electron chi connectivity index (χ3n) is 3.45. The number of ether oxygens (including phenoxy) is 1. The Hall–Kier alpha value is -1.85. The summed E-state index contributed by atoms with van der Waals surface area (Å²) in [5.41, 5.74) is 0.507.